The summed E-state index contributed by atoms with van der Waals surface area (Å²) in [4.78, 5) is 38.1. The first kappa shape index (κ1) is 70.5. The van der Waals surface area contributed by atoms with Gasteiger partial charge < -0.3 is 14.2 Å². The van der Waals surface area contributed by atoms with Crippen LogP contribution in [0.25, 0.3) is 0 Å². The van der Waals surface area contributed by atoms with Gasteiger partial charge in [0.2, 0.25) is 0 Å². The molecule has 0 aromatic rings. The van der Waals surface area contributed by atoms with Gasteiger partial charge in [-0.2, -0.15) is 0 Å². The monoisotopic (exact) mass is 1040 g/mol. The van der Waals surface area contributed by atoms with E-state index in [-0.39, 0.29) is 31.1 Å². The van der Waals surface area contributed by atoms with Gasteiger partial charge in [0.15, 0.2) is 6.10 Å². The van der Waals surface area contributed by atoms with Crippen molar-refractivity contribution < 1.29 is 28.6 Å². The van der Waals surface area contributed by atoms with E-state index < -0.39 is 6.10 Å². The van der Waals surface area contributed by atoms with Gasteiger partial charge in [-0.1, -0.05) is 264 Å². The highest BCUT2D eigenvalue weighted by Gasteiger charge is 2.19. The molecule has 0 amide bonds. The molecule has 0 bridgehead atoms. The summed E-state index contributed by atoms with van der Waals surface area (Å²) in [7, 11) is 0. The molecule has 0 aromatic carbocycles. The van der Waals surface area contributed by atoms with Crippen LogP contribution in [0.15, 0.2) is 134 Å². The van der Waals surface area contributed by atoms with Crippen LogP contribution in [0, 0.1) is 0 Å². The number of hydrogen-bond donors (Lipinski definition) is 0. The van der Waals surface area contributed by atoms with Gasteiger partial charge in [0.1, 0.15) is 13.2 Å². The van der Waals surface area contributed by atoms with Crippen LogP contribution in [-0.2, 0) is 28.6 Å². The smallest absolute Gasteiger partial charge is 0.306 e. The summed E-state index contributed by atoms with van der Waals surface area (Å²) in [6, 6.07) is 0. The van der Waals surface area contributed by atoms with Crippen molar-refractivity contribution in [2.24, 2.45) is 0 Å². The quantitative estimate of drug-likeness (QED) is 0.0261. The molecule has 0 radical (unpaired) electrons. The molecule has 0 aliphatic heterocycles. The fourth-order valence-electron chi connectivity index (χ4n) is 8.06. The maximum Gasteiger partial charge on any atom is 0.306 e. The fraction of sp³-hybridized carbons (Fsp3) is 0.638. The lowest BCUT2D eigenvalue weighted by molar-refractivity contribution is -0.167. The lowest BCUT2D eigenvalue weighted by Crippen LogP contribution is -2.30. The molecule has 1 unspecified atom stereocenters. The Balaban J connectivity index is 4.31. The summed E-state index contributed by atoms with van der Waals surface area (Å²) in [5.41, 5.74) is 0. The molecule has 0 saturated carbocycles. The highest BCUT2D eigenvalue weighted by molar-refractivity contribution is 5.71. The van der Waals surface area contributed by atoms with Gasteiger partial charge in [-0.15, -0.1) is 0 Å². The Kier molecular flexibility index (Phi) is 58.4. The van der Waals surface area contributed by atoms with Crippen LogP contribution >= 0.6 is 0 Å². The van der Waals surface area contributed by atoms with Crippen LogP contribution in [0.2, 0.25) is 0 Å². The summed E-state index contributed by atoms with van der Waals surface area (Å²) in [6.07, 6.45) is 87.5. The molecule has 1 atom stereocenters. The van der Waals surface area contributed by atoms with Crippen LogP contribution in [0.5, 0.6) is 0 Å². The first-order chi connectivity index (χ1) is 37.0. The topological polar surface area (TPSA) is 78.9 Å². The first-order valence-electron chi connectivity index (χ1n) is 30.7. The van der Waals surface area contributed by atoms with Gasteiger partial charge in [0.05, 0.1) is 0 Å². The molecule has 0 rings (SSSR count). The second-order valence-corrected chi connectivity index (χ2v) is 19.9. The van der Waals surface area contributed by atoms with Crippen LogP contribution in [0.1, 0.15) is 265 Å². The van der Waals surface area contributed by atoms with E-state index in [2.05, 4.69) is 154 Å². The number of hydrogen-bond acceptors (Lipinski definition) is 6. The Bertz CT molecular complexity index is 1620. The molecule has 0 aliphatic rings. The molecule has 6 heteroatoms. The van der Waals surface area contributed by atoms with Gasteiger partial charge in [-0.25, -0.2) is 0 Å². The summed E-state index contributed by atoms with van der Waals surface area (Å²) in [5, 5.41) is 0. The lowest BCUT2D eigenvalue weighted by Gasteiger charge is -2.18. The molecule has 0 saturated heterocycles. The Morgan fingerprint density at radius 2 is 0.547 bits per heavy atom. The van der Waals surface area contributed by atoms with Crippen molar-refractivity contribution >= 4 is 17.9 Å². The third-order valence-electron chi connectivity index (χ3n) is 12.6. The van der Waals surface area contributed by atoms with E-state index in [1.165, 1.54) is 83.5 Å². The third kappa shape index (κ3) is 60.3. The summed E-state index contributed by atoms with van der Waals surface area (Å²) in [5.74, 6) is -0.953. The van der Waals surface area contributed by atoms with Crippen molar-refractivity contribution in [2.75, 3.05) is 13.2 Å². The molecule has 424 valence electrons. The Hall–Kier alpha value is -4.45. The molecule has 0 aliphatic carbocycles. The zero-order chi connectivity index (χ0) is 54.3. The molecule has 0 fully saturated rings. The van der Waals surface area contributed by atoms with E-state index in [1.807, 2.05) is 0 Å². The molecule has 0 N–H and O–H groups in total. The van der Waals surface area contributed by atoms with Gasteiger partial charge in [-0.05, 0) is 116 Å². The van der Waals surface area contributed by atoms with Crippen LogP contribution in [0.3, 0.4) is 0 Å². The maximum atomic E-state index is 12.8. The molecule has 75 heavy (non-hydrogen) atoms. The fourth-order valence-corrected chi connectivity index (χ4v) is 8.06. The van der Waals surface area contributed by atoms with E-state index in [4.69, 9.17) is 14.2 Å². The van der Waals surface area contributed by atoms with E-state index in [0.717, 1.165) is 135 Å². The second kappa shape index (κ2) is 62.1. The number of rotatable bonds is 54. The van der Waals surface area contributed by atoms with Crippen molar-refractivity contribution in [3.63, 3.8) is 0 Å². The van der Waals surface area contributed by atoms with Crippen LogP contribution in [-0.4, -0.2) is 37.2 Å². The zero-order valence-corrected chi connectivity index (χ0v) is 48.5. The van der Waals surface area contributed by atoms with Crippen molar-refractivity contribution in [1.82, 2.24) is 0 Å². The van der Waals surface area contributed by atoms with Crippen molar-refractivity contribution in [3.05, 3.63) is 134 Å². The van der Waals surface area contributed by atoms with Crippen LogP contribution < -0.4 is 0 Å². The highest BCUT2D eigenvalue weighted by Crippen LogP contribution is 2.15. The molecule has 0 aromatic heterocycles. The minimum absolute atomic E-state index is 0.0973. The second-order valence-electron chi connectivity index (χ2n) is 19.9. The number of esters is 3. The zero-order valence-electron chi connectivity index (χ0n) is 48.5. The van der Waals surface area contributed by atoms with E-state index in [1.54, 1.807) is 0 Å². The Morgan fingerprint density at radius 1 is 0.280 bits per heavy atom. The van der Waals surface area contributed by atoms with Crippen molar-refractivity contribution in [1.29, 1.82) is 0 Å². The van der Waals surface area contributed by atoms with Gasteiger partial charge in [0.25, 0.3) is 0 Å². The minimum atomic E-state index is -0.800. The number of allylic oxidation sites excluding steroid dienone is 22. The molecular weight excluding hydrogens is 925 g/mol. The Morgan fingerprint density at radius 3 is 0.907 bits per heavy atom. The first-order valence-corrected chi connectivity index (χ1v) is 30.7. The van der Waals surface area contributed by atoms with Crippen molar-refractivity contribution in [2.45, 2.75) is 271 Å². The number of carbonyl (C=O) groups excluding carboxylic acids is 3. The predicted octanol–water partition coefficient (Wildman–Crippen LogP) is 21.0. The molecule has 0 spiro atoms. The van der Waals surface area contributed by atoms with Gasteiger partial charge >= 0.3 is 17.9 Å². The normalized spacial score (nSPS) is 13.1. The van der Waals surface area contributed by atoms with Gasteiger partial charge in [0, 0.05) is 19.3 Å². The van der Waals surface area contributed by atoms with Gasteiger partial charge in [-0.3, -0.25) is 14.4 Å². The average Bonchev–Trinajstić information content (AvgIpc) is 3.41. The minimum Gasteiger partial charge on any atom is -0.462 e. The van der Waals surface area contributed by atoms with Crippen LogP contribution in [0.4, 0.5) is 0 Å². The van der Waals surface area contributed by atoms with E-state index >= 15 is 0 Å². The Labute approximate surface area is 462 Å². The molecular formula is C69H112O6. The summed E-state index contributed by atoms with van der Waals surface area (Å²) in [6.45, 7) is 6.42. The van der Waals surface area contributed by atoms with E-state index in [9.17, 15) is 14.4 Å². The lowest BCUT2D eigenvalue weighted by atomic mass is 10.0. The summed E-state index contributed by atoms with van der Waals surface area (Å²) < 4.78 is 16.8. The SMILES string of the molecule is CC/C=C\C/C=C\C/C=C\C/C=C\C/C=C\C/C=C\C/C=C\C/C=C\C/C=C\C/C=C\CCCCC(=O)OCC(COC(=O)CCCCCCC/C=C\CCC)OC(=O)CCCCCCCCCCCCCCCC. The maximum absolute atomic E-state index is 12.8. The number of unbranched alkanes of at least 4 members (excludes halogenated alkanes) is 21. The number of ether oxygens (including phenoxy) is 3. The predicted molar refractivity (Wildman–Crippen MR) is 325 cm³/mol. The van der Waals surface area contributed by atoms with Crippen molar-refractivity contribution in [3.8, 4) is 0 Å². The molecule has 0 heterocycles. The molecule has 6 nitrogen and oxygen atoms in total. The highest BCUT2D eigenvalue weighted by atomic mass is 16.6. The third-order valence-corrected chi connectivity index (χ3v) is 12.6. The summed E-state index contributed by atoms with van der Waals surface area (Å²) >= 11 is 0. The standard InChI is InChI=1S/C69H112O6/c1-4-7-10-13-16-19-22-24-26-27-28-29-30-31-32-33-34-35-36-37-38-39-40-41-42-43-44-46-47-50-53-56-59-62-68(71)74-65-66(64-73-67(70)61-58-55-52-49-21-18-15-12-9-6-3)75-69(72)63-60-57-54-51-48-45-25-23-20-17-14-11-8-5-2/h7,10,12,15-16,19,24,26,28-29,31-32,34-35,37-38,40-41,43-44,47,50,66H,4-6,8-9,11,13-14,17-18,20-23,25,27,30,33,36,39,42,45-46,48-49,51-65H2,1-3H3/b10-7-,15-12-,19-16-,26-24-,29-28-,32-31-,35-34-,38-37-,41-40-,44-43-,50-47-. The average molecular weight is 1040 g/mol. The van der Waals surface area contributed by atoms with E-state index in [0.29, 0.717) is 25.7 Å². The largest absolute Gasteiger partial charge is 0.462 e. The number of carbonyl (C=O) groups is 3.